The summed E-state index contributed by atoms with van der Waals surface area (Å²) in [4.78, 5) is 43.2. The molecule has 8 nitrogen and oxygen atoms in total. The summed E-state index contributed by atoms with van der Waals surface area (Å²) < 4.78 is 11.2. The molecule has 0 radical (unpaired) electrons. The van der Waals surface area contributed by atoms with Crippen molar-refractivity contribution >= 4 is 35.3 Å². The molecule has 3 heterocycles. The summed E-state index contributed by atoms with van der Waals surface area (Å²) in [6.45, 7) is 4.87. The van der Waals surface area contributed by atoms with E-state index in [9.17, 15) is 14.4 Å². The topological polar surface area (TPSA) is 88.2 Å². The number of carbonyl (C=O) groups excluding carboxylic acids is 3. The highest BCUT2D eigenvalue weighted by Crippen LogP contribution is 2.39. The van der Waals surface area contributed by atoms with Crippen molar-refractivity contribution in [1.82, 2.24) is 10.2 Å². The SMILES string of the molecule is C[C@@H]1CCN(C(=O)CN2C(=O)N[C@@](C)(c3ccc4c(c3)OCCO4)C2=O)c2ccccc2S1. The molecule has 0 bridgehead atoms. The first-order valence-corrected chi connectivity index (χ1v) is 11.8. The molecule has 0 unspecified atom stereocenters. The van der Waals surface area contributed by atoms with Gasteiger partial charge in [-0.1, -0.05) is 25.1 Å². The van der Waals surface area contributed by atoms with Gasteiger partial charge in [0.05, 0.1) is 5.69 Å². The van der Waals surface area contributed by atoms with Gasteiger partial charge in [-0.3, -0.25) is 14.5 Å². The van der Waals surface area contributed by atoms with E-state index in [1.165, 1.54) is 0 Å². The van der Waals surface area contributed by atoms with Gasteiger partial charge < -0.3 is 19.7 Å². The number of rotatable bonds is 3. The van der Waals surface area contributed by atoms with Crippen LogP contribution in [0.3, 0.4) is 0 Å². The van der Waals surface area contributed by atoms with Crippen LogP contribution < -0.4 is 19.7 Å². The number of hydrogen-bond donors (Lipinski definition) is 1. The summed E-state index contributed by atoms with van der Waals surface area (Å²) in [5.41, 5.74) is 0.0951. The number of imide groups is 1. The Balaban J connectivity index is 1.38. The van der Waals surface area contributed by atoms with Crippen molar-refractivity contribution in [2.24, 2.45) is 0 Å². The lowest BCUT2D eigenvalue weighted by Crippen LogP contribution is -2.45. The lowest BCUT2D eigenvalue weighted by Gasteiger charge is -2.26. The normalized spacial score (nSPS) is 24.2. The average molecular weight is 468 g/mol. The average Bonchev–Trinajstić information content (AvgIpc) is 2.94. The van der Waals surface area contributed by atoms with Crippen LogP contribution in [0.4, 0.5) is 10.5 Å². The van der Waals surface area contributed by atoms with E-state index in [-0.39, 0.29) is 12.5 Å². The van der Waals surface area contributed by atoms with E-state index in [1.54, 1.807) is 41.8 Å². The summed E-state index contributed by atoms with van der Waals surface area (Å²) in [6.07, 6.45) is 0.820. The molecule has 1 fully saturated rings. The Morgan fingerprint density at radius 2 is 1.91 bits per heavy atom. The minimum absolute atomic E-state index is 0.285. The van der Waals surface area contributed by atoms with Gasteiger partial charge in [0.25, 0.3) is 5.91 Å². The molecule has 1 saturated heterocycles. The first kappa shape index (κ1) is 21.6. The molecular weight excluding hydrogens is 442 g/mol. The fourth-order valence-corrected chi connectivity index (χ4v) is 5.47. The highest BCUT2D eigenvalue weighted by atomic mass is 32.2. The Bertz CT molecular complexity index is 1140. The van der Waals surface area contributed by atoms with Gasteiger partial charge in [0.15, 0.2) is 11.5 Å². The number of hydrogen-bond acceptors (Lipinski definition) is 6. The maximum atomic E-state index is 13.4. The van der Waals surface area contributed by atoms with Crippen molar-refractivity contribution in [3.63, 3.8) is 0 Å². The maximum absolute atomic E-state index is 13.4. The van der Waals surface area contributed by atoms with Crippen molar-refractivity contribution in [2.75, 3.05) is 31.2 Å². The zero-order chi connectivity index (χ0) is 23.2. The van der Waals surface area contributed by atoms with Gasteiger partial charge in [-0.25, -0.2) is 4.79 Å². The first-order valence-electron chi connectivity index (χ1n) is 11.0. The number of carbonyl (C=O) groups is 3. The molecule has 9 heteroatoms. The minimum Gasteiger partial charge on any atom is -0.486 e. The molecule has 1 N–H and O–H groups in total. The second-order valence-electron chi connectivity index (χ2n) is 8.54. The fourth-order valence-electron chi connectivity index (χ4n) is 4.36. The quantitative estimate of drug-likeness (QED) is 0.698. The van der Waals surface area contributed by atoms with Gasteiger partial charge in [0.2, 0.25) is 5.91 Å². The largest absolute Gasteiger partial charge is 0.486 e. The standard InChI is InChI=1S/C24H25N3O5S/c1-15-9-10-26(17-5-3-4-6-20(17)33-15)21(28)14-27-22(29)24(2,25-23(27)30)16-7-8-18-19(13-16)32-12-11-31-18/h3-8,13,15H,9-12,14H2,1-2H3,(H,25,30)/t15-,24+/m1/s1. The van der Waals surface area contributed by atoms with E-state index < -0.39 is 17.5 Å². The molecule has 0 spiro atoms. The second-order valence-corrected chi connectivity index (χ2v) is 10.0. The Morgan fingerprint density at radius 1 is 1.15 bits per heavy atom. The molecule has 33 heavy (non-hydrogen) atoms. The Morgan fingerprint density at radius 3 is 2.73 bits per heavy atom. The summed E-state index contributed by atoms with van der Waals surface area (Å²) in [7, 11) is 0. The molecule has 0 saturated carbocycles. The second kappa shape index (κ2) is 8.30. The molecule has 2 aromatic carbocycles. The van der Waals surface area contributed by atoms with Crippen molar-refractivity contribution in [2.45, 2.75) is 36.0 Å². The fraction of sp³-hybridized carbons (Fsp3) is 0.375. The maximum Gasteiger partial charge on any atom is 0.325 e. The first-order chi connectivity index (χ1) is 15.9. The zero-order valence-electron chi connectivity index (χ0n) is 18.5. The van der Waals surface area contributed by atoms with Crippen LogP contribution in [0.1, 0.15) is 25.8 Å². The molecule has 0 aliphatic carbocycles. The lowest BCUT2D eigenvalue weighted by molar-refractivity contribution is -0.134. The van der Waals surface area contributed by atoms with Crippen LogP contribution in [0.2, 0.25) is 0 Å². The van der Waals surface area contributed by atoms with E-state index in [0.29, 0.717) is 42.1 Å². The number of thioether (sulfide) groups is 1. The number of ether oxygens (including phenoxy) is 2. The van der Waals surface area contributed by atoms with Crippen molar-refractivity contribution < 1.29 is 23.9 Å². The minimum atomic E-state index is -1.30. The van der Waals surface area contributed by atoms with Crippen molar-refractivity contribution in [3.8, 4) is 11.5 Å². The third-order valence-electron chi connectivity index (χ3n) is 6.23. The number of fused-ring (bicyclic) bond motifs is 2. The Kier molecular flexibility index (Phi) is 5.44. The molecule has 2 atom stereocenters. The molecule has 0 aromatic heterocycles. The van der Waals surface area contributed by atoms with Crippen LogP contribution in [0, 0.1) is 0 Å². The van der Waals surface area contributed by atoms with E-state index in [2.05, 4.69) is 12.2 Å². The van der Waals surface area contributed by atoms with Crippen LogP contribution in [-0.2, 0) is 15.1 Å². The van der Waals surface area contributed by atoms with Gasteiger partial charge in [0.1, 0.15) is 25.3 Å². The Hall–Kier alpha value is -3.20. The van der Waals surface area contributed by atoms with E-state index in [0.717, 1.165) is 21.9 Å². The van der Waals surface area contributed by atoms with E-state index in [1.807, 2.05) is 24.3 Å². The highest BCUT2D eigenvalue weighted by Gasteiger charge is 2.50. The predicted octanol–water partition coefficient (Wildman–Crippen LogP) is 3.14. The molecule has 172 valence electrons. The van der Waals surface area contributed by atoms with Crippen LogP contribution >= 0.6 is 11.8 Å². The van der Waals surface area contributed by atoms with Gasteiger partial charge in [0, 0.05) is 16.7 Å². The van der Waals surface area contributed by atoms with E-state index in [4.69, 9.17) is 9.47 Å². The predicted molar refractivity (Wildman–Crippen MR) is 124 cm³/mol. The summed E-state index contributed by atoms with van der Waals surface area (Å²) >= 11 is 1.73. The molecule has 3 aliphatic heterocycles. The van der Waals surface area contributed by atoms with Gasteiger partial charge in [-0.05, 0) is 43.2 Å². The highest BCUT2D eigenvalue weighted by molar-refractivity contribution is 8.00. The number of anilines is 1. The van der Waals surface area contributed by atoms with Gasteiger partial charge in [-0.2, -0.15) is 0 Å². The summed E-state index contributed by atoms with van der Waals surface area (Å²) in [5.74, 6) is 0.379. The molecular formula is C24H25N3O5S. The van der Waals surface area contributed by atoms with Crippen LogP contribution in [0.25, 0.3) is 0 Å². The molecule has 5 rings (SSSR count). The third kappa shape index (κ3) is 3.80. The summed E-state index contributed by atoms with van der Waals surface area (Å²) in [6, 6.07) is 12.3. The Labute approximate surface area is 196 Å². The molecule has 2 aromatic rings. The van der Waals surface area contributed by atoms with Crippen molar-refractivity contribution in [1.29, 1.82) is 0 Å². The number of urea groups is 1. The molecule has 4 amide bonds. The number of para-hydroxylation sites is 1. The van der Waals surface area contributed by atoms with Gasteiger partial charge in [-0.15, -0.1) is 11.8 Å². The number of amides is 4. The summed E-state index contributed by atoms with van der Waals surface area (Å²) in [5, 5.41) is 3.13. The van der Waals surface area contributed by atoms with Crippen LogP contribution in [-0.4, -0.2) is 54.3 Å². The van der Waals surface area contributed by atoms with E-state index >= 15 is 0 Å². The smallest absolute Gasteiger partial charge is 0.325 e. The van der Waals surface area contributed by atoms with Gasteiger partial charge >= 0.3 is 6.03 Å². The molecule has 3 aliphatic rings. The number of nitrogens with one attached hydrogen (secondary N) is 1. The number of nitrogens with zero attached hydrogens (tertiary/aromatic N) is 2. The monoisotopic (exact) mass is 467 g/mol. The lowest BCUT2D eigenvalue weighted by atomic mass is 9.91. The van der Waals surface area contributed by atoms with Crippen LogP contribution in [0.15, 0.2) is 47.4 Å². The van der Waals surface area contributed by atoms with Crippen LogP contribution in [0.5, 0.6) is 11.5 Å². The number of benzene rings is 2. The third-order valence-corrected chi connectivity index (χ3v) is 7.47. The van der Waals surface area contributed by atoms with Crippen molar-refractivity contribution in [3.05, 3.63) is 48.0 Å². The zero-order valence-corrected chi connectivity index (χ0v) is 19.3.